The van der Waals surface area contributed by atoms with Crippen molar-refractivity contribution in [2.45, 2.75) is 26.5 Å². The highest BCUT2D eigenvalue weighted by atomic mass is 35.5. The molecule has 1 aromatic heterocycles. The van der Waals surface area contributed by atoms with Crippen molar-refractivity contribution < 1.29 is 13.9 Å². The third kappa shape index (κ3) is 4.16. The zero-order valence-corrected chi connectivity index (χ0v) is 16.5. The first-order valence-electron chi connectivity index (χ1n) is 7.78. The lowest BCUT2D eigenvalue weighted by Gasteiger charge is -2.14. The number of rotatable bonds is 5. The Morgan fingerprint density at radius 1 is 1.29 bits per heavy atom. The summed E-state index contributed by atoms with van der Waals surface area (Å²) in [5, 5.41) is 1.67. The number of hydrogen-bond donors (Lipinski definition) is 0. The van der Waals surface area contributed by atoms with E-state index < -0.39 is 41.5 Å². The molecular formula is C16H14ClFN4O5S. The SMILES string of the molecule is CC(C)OC(=O)Cn1c(=O)n(C)c(=O)n(-c2cc(N=C=S)c(F)cc2Cl)c1=O. The quantitative estimate of drug-likeness (QED) is 0.402. The van der Waals surface area contributed by atoms with Crippen LogP contribution in [0.15, 0.2) is 31.5 Å². The molecule has 12 heteroatoms. The van der Waals surface area contributed by atoms with Crippen LogP contribution in [0, 0.1) is 5.82 Å². The fraction of sp³-hybridized carbons (Fsp3) is 0.312. The topological polar surface area (TPSA) is 105 Å². The molecule has 0 aliphatic rings. The molecule has 0 unspecified atom stereocenters. The summed E-state index contributed by atoms with van der Waals surface area (Å²) in [7, 11) is 1.11. The van der Waals surface area contributed by atoms with Gasteiger partial charge in [0.2, 0.25) is 0 Å². The van der Waals surface area contributed by atoms with Crippen LogP contribution >= 0.6 is 23.8 Å². The summed E-state index contributed by atoms with van der Waals surface area (Å²) in [6, 6.07) is 1.83. The van der Waals surface area contributed by atoms with E-state index in [0.29, 0.717) is 13.7 Å². The van der Waals surface area contributed by atoms with Crippen LogP contribution in [-0.2, 0) is 23.1 Å². The van der Waals surface area contributed by atoms with Gasteiger partial charge < -0.3 is 4.74 Å². The van der Waals surface area contributed by atoms with Crippen molar-refractivity contribution >= 4 is 40.6 Å². The number of aromatic nitrogens is 3. The fourth-order valence-electron chi connectivity index (χ4n) is 2.30. The van der Waals surface area contributed by atoms with Gasteiger partial charge in [-0.1, -0.05) is 11.6 Å². The van der Waals surface area contributed by atoms with E-state index in [2.05, 4.69) is 17.2 Å². The van der Waals surface area contributed by atoms with Gasteiger partial charge in [-0.3, -0.25) is 4.79 Å². The Balaban J connectivity index is 2.80. The maximum Gasteiger partial charge on any atom is 0.341 e. The molecule has 2 rings (SSSR count). The van der Waals surface area contributed by atoms with E-state index in [9.17, 15) is 23.6 Å². The van der Waals surface area contributed by atoms with Crippen molar-refractivity contribution in [1.82, 2.24) is 13.7 Å². The van der Waals surface area contributed by atoms with Gasteiger partial charge in [-0.25, -0.2) is 32.5 Å². The van der Waals surface area contributed by atoms with Gasteiger partial charge in [-0.2, -0.15) is 4.99 Å². The van der Waals surface area contributed by atoms with Crippen LogP contribution in [-0.4, -0.2) is 30.9 Å². The average Bonchev–Trinajstić information content (AvgIpc) is 2.60. The summed E-state index contributed by atoms with van der Waals surface area (Å²) in [5.41, 5.74) is -3.79. The molecule has 9 nitrogen and oxygen atoms in total. The summed E-state index contributed by atoms with van der Waals surface area (Å²) in [4.78, 5) is 53.0. The number of thiocarbonyl (C=S) groups is 1. The van der Waals surface area contributed by atoms with Crippen molar-refractivity contribution in [3.63, 3.8) is 0 Å². The molecule has 1 heterocycles. The maximum absolute atomic E-state index is 13.9. The predicted octanol–water partition coefficient (Wildman–Crippen LogP) is 1.18. The van der Waals surface area contributed by atoms with E-state index in [4.69, 9.17) is 16.3 Å². The molecule has 0 aliphatic carbocycles. The molecule has 1 aromatic carbocycles. The van der Waals surface area contributed by atoms with E-state index in [0.717, 1.165) is 19.2 Å². The van der Waals surface area contributed by atoms with Crippen LogP contribution in [0.5, 0.6) is 0 Å². The summed E-state index contributed by atoms with van der Waals surface area (Å²) in [5.74, 6) is -1.71. The predicted molar refractivity (Wildman–Crippen MR) is 102 cm³/mol. The van der Waals surface area contributed by atoms with E-state index in [1.54, 1.807) is 13.8 Å². The molecule has 0 spiro atoms. The first-order chi connectivity index (χ1) is 13.1. The highest BCUT2D eigenvalue weighted by Gasteiger charge is 2.20. The lowest BCUT2D eigenvalue weighted by Crippen LogP contribution is -2.54. The molecule has 0 saturated heterocycles. The van der Waals surface area contributed by atoms with Crippen molar-refractivity contribution in [3.8, 4) is 5.69 Å². The van der Waals surface area contributed by atoms with Crippen molar-refractivity contribution in [3.05, 3.63) is 54.4 Å². The molecule has 0 aliphatic heterocycles. The molecule has 0 bridgehead atoms. The standard InChI is InChI=1S/C16H14ClFN4O5S/c1-8(2)27-13(23)6-21-14(24)20(3)15(25)22(16(21)26)12-5-11(19-7-28)10(18)4-9(12)17/h4-5,8H,6H2,1-3H3. The van der Waals surface area contributed by atoms with Gasteiger partial charge in [0.15, 0.2) is 5.82 Å². The van der Waals surface area contributed by atoms with E-state index in [1.165, 1.54) is 0 Å². The molecule has 0 saturated carbocycles. The normalized spacial score (nSPS) is 10.6. The first-order valence-corrected chi connectivity index (χ1v) is 8.56. The highest BCUT2D eigenvalue weighted by molar-refractivity contribution is 7.78. The molecule has 0 radical (unpaired) electrons. The van der Waals surface area contributed by atoms with Gasteiger partial charge in [-0.15, -0.1) is 0 Å². The number of carbonyl (C=O) groups is 1. The number of benzene rings is 1. The van der Waals surface area contributed by atoms with Crippen LogP contribution in [0.1, 0.15) is 13.8 Å². The van der Waals surface area contributed by atoms with Crippen LogP contribution < -0.4 is 17.1 Å². The van der Waals surface area contributed by atoms with E-state index in [-0.39, 0.29) is 16.4 Å². The third-order valence-corrected chi connectivity index (χ3v) is 3.89. The largest absolute Gasteiger partial charge is 0.462 e. The smallest absolute Gasteiger partial charge is 0.341 e. The minimum absolute atomic E-state index is 0.247. The number of halogens is 2. The fourth-order valence-corrected chi connectivity index (χ4v) is 2.63. The van der Waals surface area contributed by atoms with Crippen molar-refractivity contribution in [1.29, 1.82) is 0 Å². The number of aliphatic imine (C=N–C) groups is 1. The number of isothiocyanates is 1. The van der Waals surface area contributed by atoms with E-state index in [1.807, 2.05) is 5.16 Å². The van der Waals surface area contributed by atoms with Crippen LogP contribution in [0.4, 0.5) is 10.1 Å². The lowest BCUT2D eigenvalue weighted by molar-refractivity contribution is -0.148. The van der Waals surface area contributed by atoms with Gasteiger partial charge in [0.25, 0.3) is 0 Å². The molecule has 0 atom stereocenters. The van der Waals surface area contributed by atoms with E-state index >= 15 is 0 Å². The van der Waals surface area contributed by atoms with Gasteiger partial charge in [-0.05, 0) is 38.2 Å². The van der Waals surface area contributed by atoms with Crippen molar-refractivity contribution in [2.75, 3.05) is 0 Å². The monoisotopic (exact) mass is 428 g/mol. The summed E-state index contributed by atoms with van der Waals surface area (Å²) >= 11 is 10.4. The molecule has 2 aromatic rings. The lowest BCUT2D eigenvalue weighted by atomic mass is 10.2. The molecule has 0 amide bonds. The molecule has 0 fully saturated rings. The Morgan fingerprint density at radius 3 is 2.50 bits per heavy atom. The van der Waals surface area contributed by atoms with Crippen LogP contribution in [0.2, 0.25) is 5.02 Å². The Bertz CT molecular complexity index is 1180. The Kier molecular flexibility index (Phi) is 6.45. The Morgan fingerprint density at radius 2 is 1.93 bits per heavy atom. The zero-order chi connectivity index (χ0) is 21.2. The third-order valence-electron chi connectivity index (χ3n) is 3.50. The Labute approximate surface area is 167 Å². The van der Waals surface area contributed by atoms with Crippen molar-refractivity contribution in [2.24, 2.45) is 12.0 Å². The molecule has 0 N–H and O–H groups in total. The average molecular weight is 429 g/mol. The van der Waals surface area contributed by atoms with Gasteiger partial charge in [0.1, 0.15) is 12.2 Å². The summed E-state index contributed by atoms with van der Waals surface area (Å²) in [6.45, 7) is 2.46. The minimum Gasteiger partial charge on any atom is -0.462 e. The number of hydrogen-bond acceptors (Lipinski definition) is 7. The number of ether oxygens (including phenoxy) is 1. The first kappa shape index (κ1) is 21.4. The highest BCUT2D eigenvalue weighted by Crippen LogP contribution is 2.27. The number of esters is 1. The second-order valence-corrected chi connectivity index (χ2v) is 6.41. The summed E-state index contributed by atoms with van der Waals surface area (Å²) in [6.07, 6.45) is -0.473. The zero-order valence-electron chi connectivity index (χ0n) is 14.9. The number of nitrogens with zero attached hydrogens (tertiary/aromatic N) is 4. The summed E-state index contributed by atoms with van der Waals surface area (Å²) < 4.78 is 20.5. The second kappa shape index (κ2) is 8.42. The van der Waals surface area contributed by atoms with Crippen LogP contribution in [0.3, 0.4) is 0 Å². The molecule has 28 heavy (non-hydrogen) atoms. The second-order valence-electron chi connectivity index (χ2n) is 5.83. The maximum atomic E-state index is 13.9. The van der Waals surface area contributed by atoms with Crippen LogP contribution in [0.25, 0.3) is 5.69 Å². The van der Waals surface area contributed by atoms with Gasteiger partial charge >= 0.3 is 23.0 Å². The molecule has 148 valence electrons. The Hall–Kier alpha value is -2.88. The van der Waals surface area contributed by atoms with Gasteiger partial charge in [0, 0.05) is 7.05 Å². The minimum atomic E-state index is -1.15. The van der Waals surface area contributed by atoms with Gasteiger partial charge in [0.05, 0.1) is 22.0 Å². The molecular weight excluding hydrogens is 415 g/mol. The number of carbonyl (C=O) groups excluding carboxylic acids is 1.